The molecule has 1 rings (SSSR count). The van der Waals surface area contributed by atoms with Crippen LogP contribution in [0.4, 0.5) is 0 Å². The maximum atomic E-state index is 10.7. The van der Waals surface area contributed by atoms with Crippen molar-refractivity contribution in [2.24, 2.45) is 0 Å². The van der Waals surface area contributed by atoms with Crippen molar-refractivity contribution in [1.82, 2.24) is 10.2 Å². The van der Waals surface area contributed by atoms with E-state index >= 15 is 0 Å². The van der Waals surface area contributed by atoms with E-state index in [-0.39, 0.29) is 5.78 Å². The molecule has 0 aliphatic rings. The summed E-state index contributed by atoms with van der Waals surface area (Å²) in [5.41, 5.74) is 1.05. The van der Waals surface area contributed by atoms with E-state index in [9.17, 15) is 4.79 Å². The predicted molar refractivity (Wildman–Crippen MR) is 38.3 cm³/mol. The first-order valence-corrected chi connectivity index (χ1v) is 3.22. The number of carbonyl (C=O) groups is 1. The molecule has 0 aromatic carbocycles. The molecule has 0 fully saturated rings. The Labute approximate surface area is 63.4 Å². The molecule has 10 heavy (non-hydrogen) atoms. The van der Waals surface area contributed by atoms with E-state index in [0.717, 1.165) is 5.69 Å². The molecule has 1 heterocycles. The molecule has 1 N–H and O–H groups in total. The lowest BCUT2D eigenvalue weighted by molar-refractivity contribution is 0.101. The minimum atomic E-state index is -0.116. The minimum Gasteiger partial charge on any atom is -0.293 e. The van der Waals surface area contributed by atoms with Crippen LogP contribution in [0.25, 0.3) is 0 Å². The van der Waals surface area contributed by atoms with Crippen LogP contribution in [0.5, 0.6) is 0 Å². The molecule has 0 aliphatic heterocycles. The summed E-state index contributed by atoms with van der Waals surface area (Å²) < 4.78 is 0. The molecule has 0 spiro atoms. The zero-order chi connectivity index (χ0) is 7.72. The second-order valence-corrected chi connectivity index (χ2v) is 2.45. The van der Waals surface area contributed by atoms with Crippen LogP contribution in [0.3, 0.4) is 0 Å². The van der Waals surface area contributed by atoms with Crippen molar-refractivity contribution in [3.63, 3.8) is 0 Å². The quantitative estimate of drug-likeness (QED) is 0.631. The number of rotatable bonds is 1. The molecular formula is C6H7ClN2O. The summed E-state index contributed by atoms with van der Waals surface area (Å²) in [4.78, 5) is 10.7. The molecule has 3 nitrogen and oxygen atoms in total. The third-order valence-corrected chi connectivity index (χ3v) is 1.67. The molecule has 0 radical (unpaired) electrons. The van der Waals surface area contributed by atoms with E-state index in [4.69, 9.17) is 11.6 Å². The number of halogens is 1. The van der Waals surface area contributed by atoms with Gasteiger partial charge in [-0.15, -0.1) is 0 Å². The monoisotopic (exact) mass is 158 g/mol. The topological polar surface area (TPSA) is 45.8 Å². The summed E-state index contributed by atoms with van der Waals surface area (Å²) in [6, 6.07) is 0. The van der Waals surface area contributed by atoms with Gasteiger partial charge in [0, 0.05) is 6.92 Å². The van der Waals surface area contributed by atoms with Gasteiger partial charge in [0.1, 0.15) is 5.69 Å². The summed E-state index contributed by atoms with van der Waals surface area (Å²) >= 11 is 5.69. The van der Waals surface area contributed by atoms with Crippen LogP contribution in [0, 0.1) is 6.92 Å². The number of nitrogens with one attached hydrogen (secondary N) is 1. The Balaban J connectivity index is 3.17. The van der Waals surface area contributed by atoms with Crippen molar-refractivity contribution in [3.8, 4) is 0 Å². The predicted octanol–water partition coefficient (Wildman–Crippen LogP) is 1.57. The number of ketones is 1. The average molecular weight is 159 g/mol. The minimum absolute atomic E-state index is 0.116. The summed E-state index contributed by atoms with van der Waals surface area (Å²) in [6.07, 6.45) is 0. The summed E-state index contributed by atoms with van der Waals surface area (Å²) in [5, 5.41) is 6.75. The molecule has 54 valence electrons. The third-order valence-electron chi connectivity index (χ3n) is 1.21. The Morgan fingerprint density at radius 3 is 2.50 bits per heavy atom. The SMILES string of the molecule is CC(=O)c1n[nH]c(C)c1Cl. The lowest BCUT2D eigenvalue weighted by atomic mass is 10.3. The van der Waals surface area contributed by atoms with Gasteiger partial charge in [-0.05, 0) is 6.92 Å². The van der Waals surface area contributed by atoms with E-state index in [0.29, 0.717) is 10.7 Å². The van der Waals surface area contributed by atoms with Gasteiger partial charge in [0.25, 0.3) is 0 Å². The second kappa shape index (κ2) is 2.42. The number of hydrogen-bond acceptors (Lipinski definition) is 2. The van der Waals surface area contributed by atoms with Gasteiger partial charge in [0.05, 0.1) is 10.7 Å². The van der Waals surface area contributed by atoms with Crippen LogP contribution in [-0.2, 0) is 0 Å². The fourth-order valence-electron chi connectivity index (χ4n) is 0.649. The van der Waals surface area contributed by atoms with E-state index in [1.165, 1.54) is 6.92 Å². The van der Waals surface area contributed by atoms with Gasteiger partial charge in [0.15, 0.2) is 5.78 Å². The highest BCUT2D eigenvalue weighted by atomic mass is 35.5. The largest absolute Gasteiger partial charge is 0.293 e. The molecule has 0 amide bonds. The highest BCUT2D eigenvalue weighted by molar-refractivity contribution is 6.34. The Morgan fingerprint density at radius 1 is 1.70 bits per heavy atom. The van der Waals surface area contributed by atoms with Gasteiger partial charge < -0.3 is 0 Å². The van der Waals surface area contributed by atoms with Crippen molar-refractivity contribution >= 4 is 17.4 Å². The van der Waals surface area contributed by atoms with E-state index < -0.39 is 0 Å². The Morgan fingerprint density at radius 2 is 2.30 bits per heavy atom. The Kier molecular flexibility index (Phi) is 1.76. The number of aromatic amines is 1. The second-order valence-electron chi connectivity index (χ2n) is 2.07. The van der Waals surface area contributed by atoms with Gasteiger partial charge in [-0.3, -0.25) is 9.89 Å². The fourth-order valence-corrected chi connectivity index (χ4v) is 0.866. The number of hydrogen-bond donors (Lipinski definition) is 1. The van der Waals surface area contributed by atoms with Crippen LogP contribution in [0.15, 0.2) is 0 Å². The highest BCUT2D eigenvalue weighted by Crippen LogP contribution is 2.16. The number of aryl methyl sites for hydroxylation is 1. The number of Topliss-reactive ketones (excluding diaryl/α,β-unsaturated/α-hetero) is 1. The first-order chi connectivity index (χ1) is 4.63. The number of aromatic nitrogens is 2. The van der Waals surface area contributed by atoms with Gasteiger partial charge >= 0.3 is 0 Å². The van der Waals surface area contributed by atoms with Crippen molar-refractivity contribution in [2.75, 3.05) is 0 Å². The Hall–Kier alpha value is -0.830. The highest BCUT2D eigenvalue weighted by Gasteiger charge is 2.10. The number of carbonyl (C=O) groups excluding carboxylic acids is 1. The van der Waals surface area contributed by atoms with E-state index in [1.54, 1.807) is 6.92 Å². The number of H-pyrrole nitrogens is 1. The molecule has 0 saturated heterocycles. The molecule has 0 aliphatic carbocycles. The maximum Gasteiger partial charge on any atom is 0.181 e. The molecule has 1 aromatic heterocycles. The first kappa shape index (κ1) is 7.28. The zero-order valence-electron chi connectivity index (χ0n) is 5.73. The molecule has 1 aromatic rings. The first-order valence-electron chi connectivity index (χ1n) is 2.84. The summed E-state index contributed by atoms with van der Waals surface area (Å²) in [5.74, 6) is -0.116. The van der Waals surface area contributed by atoms with E-state index in [1.807, 2.05) is 0 Å². The van der Waals surface area contributed by atoms with Gasteiger partial charge in [-0.25, -0.2) is 0 Å². The average Bonchev–Trinajstić information content (AvgIpc) is 2.14. The third kappa shape index (κ3) is 1.04. The summed E-state index contributed by atoms with van der Waals surface area (Å²) in [7, 11) is 0. The van der Waals surface area contributed by atoms with Crippen LogP contribution in [0.1, 0.15) is 23.1 Å². The molecule has 0 unspecified atom stereocenters. The van der Waals surface area contributed by atoms with Gasteiger partial charge in [-0.2, -0.15) is 5.10 Å². The standard InChI is InChI=1S/C6H7ClN2O/c1-3-5(7)6(4(2)10)9-8-3/h1-2H3,(H,8,9). The van der Waals surface area contributed by atoms with Crippen molar-refractivity contribution in [1.29, 1.82) is 0 Å². The smallest absolute Gasteiger partial charge is 0.181 e. The summed E-state index contributed by atoms with van der Waals surface area (Å²) in [6.45, 7) is 3.20. The van der Waals surface area contributed by atoms with Gasteiger partial charge in [-0.1, -0.05) is 11.6 Å². The Bertz CT molecular complexity index is 267. The van der Waals surface area contributed by atoms with Crippen molar-refractivity contribution in [2.45, 2.75) is 13.8 Å². The molecule has 0 atom stereocenters. The van der Waals surface area contributed by atoms with Crippen LogP contribution < -0.4 is 0 Å². The lowest BCUT2D eigenvalue weighted by Gasteiger charge is -1.85. The molecule has 0 saturated carbocycles. The molecule has 4 heteroatoms. The molecular weight excluding hydrogens is 152 g/mol. The fraction of sp³-hybridized carbons (Fsp3) is 0.333. The van der Waals surface area contributed by atoms with E-state index in [2.05, 4.69) is 10.2 Å². The normalized spacial score (nSPS) is 9.90. The molecule has 0 bridgehead atoms. The van der Waals surface area contributed by atoms with Crippen LogP contribution in [0.2, 0.25) is 5.02 Å². The van der Waals surface area contributed by atoms with Crippen LogP contribution in [-0.4, -0.2) is 16.0 Å². The van der Waals surface area contributed by atoms with Crippen molar-refractivity contribution in [3.05, 3.63) is 16.4 Å². The van der Waals surface area contributed by atoms with Crippen molar-refractivity contribution < 1.29 is 4.79 Å². The lowest BCUT2D eigenvalue weighted by Crippen LogP contribution is -1.92. The zero-order valence-corrected chi connectivity index (χ0v) is 6.49. The van der Waals surface area contributed by atoms with Gasteiger partial charge in [0.2, 0.25) is 0 Å². The van der Waals surface area contributed by atoms with Crippen LogP contribution >= 0.6 is 11.6 Å². The maximum absolute atomic E-state index is 10.7. The number of nitrogens with zero attached hydrogens (tertiary/aromatic N) is 1.